The molecule has 0 spiro atoms. The maximum atomic E-state index is 12.1. The highest BCUT2D eigenvalue weighted by Crippen LogP contribution is 2.27. The molecule has 0 radical (unpaired) electrons. The van der Waals surface area contributed by atoms with E-state index in [1.54, 1.807) is 7.05 Å². The van der Waals surface area contributed by atoms with E-state index in [-0.39, 0.29) is 11.8 Å². The molecule has 0 amide bonds. The zero-order valence-electron chi connectivity index (χ0n) is 16.6. The van der Waals surface area contributed by atoms with Gasteiger partial charge in [-0.3, -0.25) is 4.99 Å². The molecule has 1 aliphatic heterocycles. The third kappa shape index (κ3) is 5.11. The van der Waals surface area contributed by atoms with E-state index in [1.165, 1.54) is 11.3 Å². The molecule has 2 N–H and O–H groups in total. The van der Waals surface area contributed by atoms with Gasteiger partial charge >= 0.3 is 0 Å². The minimum absolute atomic E-state index is 0.00881. The molecular weight excluding hydrogens is 372 g/mol. The van der Waals surface area contributed by atoms with Gasteiger partial charge in [0.15, 0.2) is 5.96 Å². The lowest BCUT2D eigenvalue weighted by molar-refractivity contribution is 0.569. The molecule has 6 nitrogen and oxygen atoms in total. The Morgan fingerprint density at radius 1 is 1.11 bits per heavy atom. The first-order valence-corrected chi connectivity index (χ1v) is 11.2. The topological polar surface area (TPSA) is 73.8 Å². The van der Waals surface area contributed by atoms with Crippen LogP contribution in [0.4, 0.5) is 5.69 Å². The van der Waals surface area contributed by atoms with Gasteiger partial charge in [-0.2, -0.15) is 0 Å². The van der Waals surface area contributed by atoms with Crippen molar-refractivity contribution in [3.63, 3.8) is 0 Å². The van der Waals surface area contributed by atoms with Gasteiger partial charge in [-0.25, -0.2) is 13.1 Å². The van der Waals surface area contributed by atoms with Gasteiger partial charge in [0, 0.05) is 31.9 Å². The van der Waals surface area contributed by atoms with Crippen molar-refractivity contribution < 1.29 is 8.42 Å². The number of nitrogens with one attached hydrogen (secondary N) is 2. The van der Waals surface area contributed by atoms with Gasteiger partial charge in [0.2, 0.25) is 10.0 Å². The number of sulfonamides is 1. The molecule has 2 aromatic carbocycles. The van der Waals surface area contributed by atoms with E-state index in [2.05, 4.69) is 38.1 Å². The number of para-hydroxylation sites is 1. The molecule has 0 bridgehead atoms. The van der Waals surface area contributed by atoms with Crippen molar-refractivity contribution in [1.82, 2.24) is 10.0 Å². The first-order valence-electron chi connectivity index (χ1n) is 9.52. The highest BCUT2D eigenvalue weighted by Gasteiger charge is 2.22. The molecule has 0 fully saturated rings. The van der Waals surface area contributed by atoms with E-state index < -0.39 is 10.0 Å². The molecule has 2 aromatic rings. The number of benzene rings is 2. The lowest BCUT2D eigenvalue weighted by Crippen LogP contribution is -2.40. The maximum absolute atomic E-state index is 12.1. The summed E-state index contributed by atoms with van der Waals surface area (Å²) in [5.41, 5.74) is 4.39. The summed E-state index contributed by atoms with van der Waals surface area (Å²) < 4.78 is 26.7. The number of fused-ring (bicyclic) bond motifs is 1. The third-order valence-electron chi connectivity index (χ3n) is 4.60. The molecule has 0 aromatic heterocycles. The van der Waals surface area contributed by atoms with Gasteiger partial charge in [0.1, 0.15) is 0 Å². The Bertz CT molecular complexity index is 937. The largest absolute Gasteiger partial charge is 0.352 e. The Balaban J connectivity index is 1.60. The monoisotopic (exact) mass is 400 g/mol. The minimum atomic E-state index is -3.31. The number of guanidine groups is 1. The Labute approximate surface area is 167 Å². The molecule has 150 valence electrons. The molecule has 1 heterocycles. The maximum Gasteiger partial charge on any atom is 0.216 e. The Kier molecular flexibility index (Phi) is 6.36. The van der Waals surface area contributed by atoms with Crippen molar-refractivity contribution in [2.24, 2.45) is 4.99 Å². The quantitative estimate of drug-likeness (QED) is 0.578. The zero-order valence-corrected chi connectivity index (χ0v) is 17.5. The van der Waals surface area contributed by atoms with Gasteiger partial charge in [-0.05, 0) is 43.0 Å². The smallest absolute Gasteiger partial charge is 0.216 e. The second-order valence-corrected chi connectivity index (χ2v) is 9.03. The van der Waals surface area contributed by atoms with Crippen LogP contribution in [-0.2, 0) is 28.7 Å². The zero-order chi connectivity index (χ0) is 20.1. The Hall–Kier alpha value is -2.38. The van der Waals surface area contributed by atoms with Gasteiger partial charge < -0.3 is 10.2 Å². The first kappa shape index (κ1) is 20.4. The summed E-state index contributed by atoms with van der Waals surface area (Å²) in [6.45, 7) is 5.18. The molecule has 3 rings (SSSR count). The van der Waals surface area contributed by atoms with Crippen molar-refractivity contribution in [2.75, 3.05) is 18.5 Å². The van der Waals surface area contributed by atoms with Gasteiger partial charge in [-0.15, -0.1) is 0 Å². The van der Waals surface area contributed by atoms with Crippen LogP contribution in [0.25, 0.3) is 0 Å². The van der Waals surface area contributed by atoms with E-state index in [0.717, 1.165) is 30.1 Å². The summed E-state index contributed by atoms with van der Waals surface area (Å²) in [6.07, 6.45) is 1.02. The van der Waals surface area contributed by atoms with E-state index in [4.69, 9.17) is 0 Å². The fourth-order valence-electron chi connectivity index (χ4n) is 3.41. The highest BCUT2D eigenvalue weighted by atomic mass is 32.2. The van der Waals surface area contributed by atoms with Crippen molar-refractivity contribution in [2.45, 2.75) is 38.6 Å². The predicted octanol–water partition coefficient (Wildman–Crippen LogP) is 2.65. The molecule has 0 aliphatic carbocycles. The lowest BCUT2D eigenvalue weighted by Gasteiger charge is -2.22. The summed E-state index contributed by atoms with van der Waals surface area (Å²) in [5, 5.41) is 3.41. The Morgan fingerprint density at radius 3 is 2.46 bits per heavy atom. The van der Waals surface area contributed by atoms with E-state index >= 15 is 0 Å². The minimum Gasteiger partial charge on any atom is -0.352 e. The van der Waals surface area contributed by atoms with Crippen LogP contribution in [0.1, 0.15) is 30.5 Å². The standard InChI is InChI=1S/C21H28N4O2S/c1-16(2)24-28(26,27)15-18-10-8-17(9-11-18)14-23-21(22-3)25-13-12-19-6-4-5-7-20(19)25/h4-11,16,24H,12-15H2,1-3H3,(H,22,23). The molecule has 0 atom stereocenters. The summed E-state index contributed by atoms with van der Waals surface area (Å²) >= 11 is 0. The molecule has 0 unspecified atom stereocenters. The van der Waals surface area contributed by atoms with Crippen LogP contribution >= 0.6 is 0 Å². The molecule has 0 saturated heterocycles. The lowest BCUT2D eigenvalue weighted by atomic mass is 10.1. The van der Waals surface area contributed by atoms with Crippen molar-refractivity contribution in [3.8, 4) is 0 Å². The van der Waals surface area contributed by atoms with Crippen molar-refractivity contribution >= 4 is 21.7 Å². The second-order valence-electron chi connectivity index (χ2n) is 7.28. The fourth-order valence-corrected chi connectivity index (χ4v) is 4.84. The van der Waals surface area contributed by atoms with E-state index in [1.807, 2.05) is 44.2 Å². The van der Waals surface area contributed by atoms with Gasteiger partial charge in [0.05, 0.1) is 5.75 Å². The predicted molar refractivity (Wildman–Crippen MR) is 115 cm³/mol. The van der Waals surface area contributed by atoms with Crippen LogP contribution < -0.4 is 14.9 Å². The van der Waals surface area contributed by atoms with Crippen LogP contribution in [0.2, 0.25) is 0 Å². The van der Waals surface area contributed by atoms with Crippen molar-refractivity contribution in [3.05, 3.63) is 65.2 Å². The summed E-state index contributed by atoms with van der Waals surface area (Å²) in [5.74, 6) is 0.836. The molecule has 7 heteroatoms. The highest BCUT2D eigenvalue weighted by molar-refractivity contribution is 7.88. The van der Waals surface area contributed by atoms with Crippen LogP contribution in [-0.4, -0.2) is 34.0 Å². The number of hydrogen-bond donors (Lipinski definition) is 2. The fraction of sp³-hybridized carbons (Fsp3) is 0.381. The number of hydrogen-bond acceptors (Lipinski definition) is 3. The number of nitrogens with zero attached hydrogens (tertiary/aromatic N) is 2. The van der Waals surface area contributed by atoms with E-state index in [0.29, 0.717) is 6.54 Å². The Morgan fingerprint density at radius 2 is 1.79 bits per heavy atom. The normalized spacial score (nSPS) is 14.4. The van der Waals surface area contributed by atoms with Crippen molar-refractivity contribution in [1.29, 1.82) is 0 Å². The van der Waals surface area contributed by atoms with Crippen LogP contribution in [0.5, 0.6) is 0 Å². The number of anilines is 1. The summed E-state index contributed by atoms with van der Waals surface area (Å²) in [6, 6.07) is 15.9. The molecule has 28 heavy (non-hydrogen) atoms. The average Bonchev–Trinajstić information content (AvgIpc) is 3.06. The SMILES string of the molecule is CN=C(NCc1ccc(CS(=O)(=O)NC(C)C)cc1)N1CCc2ccccc21. The average molecular weight is 401 g/mol. The van der Waals surface area contributed by atoms with E-state index in [9.17, 15) is 8.42 Å². The van der Waals surface area contributed by atoms with Crippen LogP contribution in [0, 0.1) is 0 Å². The summed E-state index contributed by atoms with van der Waals surface area (Å²) in [4.78, 5) is 6.62. The summed E-state index contributed by atoms with van der Waals surface area (Å²) in [7, 11) is -1.52. The molecule has 1 aliphatic rings. The first-order chi connectivity index (χ1) is 13.4. The molecule has 0 saturated carbocycles. The third-order valence-corrected chi connectivity index (χ3v) is 6.14. The van der Waals surface area contributed by atoms with Crippen LogP contribution in [0.15, 0.2) is 53.5 Å². The molecular formula is C21H28N4O2S. The van der Waals surface area contributed by atoms with Crippen LogP contribution in [0.3, 0.4) is 0 Å². The van der Waals surface area contributed by atoms with Gasteiger partial charge in [-0.1, -0.05) is 42.5 Å². The second kappa shape index (κ2) is 8.75. The number of aliphatic imine (C=N–C) groups is 1. The van der Waals surface area contributed by atoms with Gasteiger partial charge in [0.25, 0.3) is 0 Å². The number of rotatable bonds is 6.